The molecule has 0 unspecified atom stereocenters. The van der Waals surface area contributed by atoms with Crippen molar-refractivity contribution in [3.05, 3.63) is 52.9 Å². The summed E-state index contributed by atoms with van der Waals surface area (Å²) >= 11 is 7.39. The summed E-state index contributed by atoms with van der Waals surface area (Å²) in [6.07, 6.45) is 3.27. The zero-order valence-electron chi connectivity index (χ0n) is 12.5. The van der Waals surface area contributed by atoms with E-state index in [4.69, 9.17) is 11.6 Å². The highest BCUT2D eigenvalue weighted by Crippen LogP contribution is 2.24. The Morgan fingerprint density at radius 1 is 1.22 bits per heavy atom. The molecule has 0 bridgehead atoms. The lowest BCUT2D eigenvalue weighted by molar-refractivity contribution is 0.102. The monoisotopic (exact) mass is 344 g/mol. The molecule has 2 heterocycles. The number of halogens is 1. The average molecular weight is 345 g/mol. The number of aryl methyl sites for hydroxylation is 1. The Hall–Kier alpha value is -2.18. The van der Waals surface area contributed by atoms with E-state index in [0.717, 1.165) is 16.6 Å². The van der Waals surface area contributed by atoms with Gasteiger partial charge in [-0.05, 0) is 37.4 Å². The SMILES string of the molecule is CSc1ncc(Cl)c(C(=O)Nc2cccc3nc(C)ccc23)n1. The highest BCUT2D eigenvalue weighted by molar-refractivity contribution is 7.98. The molecule has 2 aromatic heterocycles. The Labute approximate surface area is 142 Å². The number of amides is 1. The Bertz CT molecular complexity index is 900. The van der Waals surface area contributed by atoms with E-state index in [0.29, 0.717) is 10.8 Å². The zero-order valence-corrected chi connectivity index (χ0v) is 14.1. The molecule has 3 rings (SSSR count). The van der Waals surface area contributed by atoms with Crippen molar-refractivity contribution in [2.45, 2.75) is 12.1 Å². The summed E-state index contributed by atoms with van der Waals surface area (Å²) in [7, 11) is 0. The predicted octanol–water partition coefficient (Wildman–Crippen LogP) is 3.96. The molecule has 0 saturated carbocycles. The highest BCUT2D eigenvalue weighted by atomic mass is 35.5. The smallest absolute Gasteiger partial charge is 0.275 e. The van der Waals surface area contributed by atoms with Gasteiger partial charge < -0.3 is 5.32 Å². The summed E-state index contributed by atoms with van der Waals surface area (Å²) in [6, 6.07) is 9.41. The summed E-state index contributed by atoms with van der Waals surface area (Å²) < 4.78 is 0. The number of benzene rings is 1. The second-order valence-corrected chi connectivity index (χ2v) is 6.01. The normalized spacial score (nSPS) is 10.7. The standard InChI is InChI=1S/C16H13ClN4OS/c1-9-6-7-10-12(19-9)4-3-5-13(10)20-15(22)14-11(17)8-18-16(21-14)23-2/h3-8H,1-2H3,(H,20,22). The van der Waals surface area contributed by atoms with Gasteiger partial charge in [0.25, 0.3) is 5.91 Å². The molecule has 0 aliphatic heterocycles. The van der Waals surface area contributed by atoms with Crippen molar-refractivity contribution in [1.29, 1.82) is 0 Å². The number of aromatic nitrogens is 3. The molecule has 0 aliphatic rings. The molecule has 1 amide bonds. The molecule has 116 valence electrons. The van der Waals surface area contributed by atoms with Crippen LogP contribution in [0.5, 0.6) is 0 Å². The summed E-state index contributed by atoms with van der Waals surface area (Å²) in [5.41, 5.74) is 2.56. The number of anilines is 1. The van der Waals surface area contributed by atoms with Crippen molar-refractivity contribution in [1.82, 2.24) is 15.0 Å². The number of carbonyl (C=O) groups excluding carboxylic acids is 1. The van der Waals surface area contributed by atoms with Gasteiger partial charge in [-0.3, -0.25) is 9.78 Å². The first kappa shape index (κ1) is 15.7. The van der Waals surface area contributed by atoms with Crippen LogP contribution in [-0.4, -0.2) is 27.1 Å². The number of nitrogens with zero attached hydrogens (tertiary/aromatic N) is 3. The molecule has 0 spiro atoms. The van der Waals surface area contributed by atoms with Crippen molar-refractivity contribution in [2.75, 3.05) is 11.6 Å². The number of pyridine rings is 1. The van der Waals surface area contributed by atoms with Gasteiger partial charge in [0.15, 0.2) is 10.9 Å². The van der Waals surface area contributed by atoms with Gasteiger partial charge in [0.1, 0.15) is 0 Å². The lowest BCUT2D eigenvalue weighted by Crippen LogP contribution is -2.15. The van der Waals surface area contributed by atoms with Gasteiger partial charge in [-0.2, -0.15) is 0 Å². The number of fused-ring (bicyclic) bond motifs is 1. The molecule has 3 aromatic rings. The highest BCUT2D eigenvalue weighted by Gasteiger charge is 2.15. The van der Waals surface area contributed by atoms with Crippen LogP contribution >= 0.6 is 23.4 Å². The minimum Gasteiger partial charge on any atom is -0.320 e. The van der Waals surface area contributed by atoms with Gasteiger partial charge in [-0.1, -0.05) is 29.4 Å². The predicted molar refractivity (Wildman–Crippen MR) is 93.3 cm³/mol. The number of hydrogen-bond donors (Lipinski definition) is 1. The molecular weight excluding hydrogens is 332 g/mol. The van der Waals surface area contributed by atoms with Gasteiger partial charge in [0, 0.05) is 11.1 Å². The molecule has 1 aromatic carbocycles. The lowest BCUT2D eigenvalue weighted by atomic mass is 10.1. The van der Waals surface area contributed by atoms with Crippen LogP contribution in [0.25, 0.3) is 10.9 Å². The Kier molecular flexibility index (Phi) is 4.45. The third-order valence-corrected chi connectivity index (χ3v) is 4.08. The lowest BCUT2D eigenvalue weighted by Gasteiger charge is -2.09. The van der Waals surface area contributed by atoms with Crippen LogP contribution in [0.15, 0.2) is 41.7 Å². The molecule has 23 heavy (non-hydrogen) atoms. The van der Waals surface area contributed by atoms with Crippen molar-refractivity contribution in [2.24, 2.45) is 0 Å². The maximum atomic E-state index is 12.5. The van der Waals surface area contributed by atoms with E-state index in [1.807, 2.05) is 43.5 Å². The maximum Gasteiger partial charge on any atom is 0.275 e. The van der Waals surface area contributed by atoms with Crippen molar-refractivity contribution in [3.63, 3.8) is 0 Å². The quantitative estimate of drug-likeness (QED) is 0.575. The Morgan fingerprint density at radius 3 is 2.83 bits per heavy atom. The number of rotatable bonds is 3. The van der Waals surface area contributed by atoms with Gasteiger partial charge in [-0.25, -0.2) is 9.97 Å². The first-order valence-electron chi connectivity index (χ1n) is 6.83. The first-order valence-corrected chi connectivity index (χ1v) is 8.43. The fourth-order valence-electron chi connectivity index (χ4n) is 2.16. The third-order valence-electron chi connectivity index (χ3n) is 3.24. The number of thioether (sulfide) groups is 1. The molecule has 0 fully saturated rings. The summed E-state index contributed by atoms with van der Waals surface area (Å²) in [5, 5.41) is 4.42. The van der Waals surface area contributed by atoms with Crippen LogP contribution in [0.1, 0.15) is 16.2 Å². The summed E-state index contributed by atoms with van der Waals surface area (Å²) in [4.78, 5) is 25.2. The maximum absolute atomic E-state index is 12.5. The van der Waals surface area contributed by atoms with Crippen LogP contribution in [0.3, 0.4) is 0 Å². The minimum absolute atomic E-state index is 0.156. The largest absolute Gasteiger partial charge is 0.320 e. The van der Waals surface area contributed by atoms with E-state index in [1.165, 1.54) is 18.0 Å². The van der Waals surface area contributed by atoms with Crippen LogP contribution in [0, 0.1) is 6.92 Å². The fraction of sp³-hybridized carbons (Fsp3) is 0.125. The molecule has 0 saturated heterocycles. The van der Waals surface area contributed by atoms with E-state index >= 15 is 0 Å². The second-order valence-electron chi connectivity index (χ2n) is 4.83. The number of hydrogen-bond acceptors (Lipinski definition) is 5. The molecule has 0 atom stereocenters. The molecule has 0 aliphatic carbocycles. The van der Waals surface area contributed by atoms with Crippen molar-refractivity contribution in [3.8, 4) is 0 Å². The van der Waals surface area contributed by atoms with Crippen LogP contribution in [0.4, 0.5) is 5.69 Å². The van der Waals surface area contributed by atoms with Gasteiger partial charge in [0.2, 0.25) is 0 Å². The topological polar surface area (TPSA) is 67.8 Å². The second kappa shape index (κ2) is 6.52. The molecular formula is C16H13ClN4OS. The molecule has 7 heteroatoms. The van der Waals surface area contributed by atoms with E-state index < -0.39 is 0 Å². The molecule has 1 N–H and O–H groups in total. The Balaban J connectivity index is 1.98. The van der Waals surface area contributed by atoms with Crippen LogP contribution < -0.4 is 5.32 Å². The first-order chi connectivity index (χ1) is 11.1. The van der Waals surface area contributed by atoms with Gasteiger partial charge in [-0.15, -0.1) is 0 Å². The number of carbonyl (C=O) groups is 1. The van der Waals surface area contributed by atoms with E-state index in [9.17, 15) is 4.79 Å². The average Bonchev–Trinajstić information content (AvgIpc) is 2.55. The van der Waals surface area contributed by atoms with Crippen LogP contribution in [0.2, 0.25) is 5.02 Å². The van der Waals surface area contributed by atoms with Gasteiger partial charge >= 0.3 is 0 Å². The van der Waals surface area contributed by atoms with Crippen LogP contribution in [-0.2, 0) is 0 Å². The zero-order chi connectivity index (χ0) is 16.4. The van der Waals surface area contributed by atoms with Crippen molar-refractivity contribution < 1.29 is 4.79 Å². The Morgan fingerprint density at radius 2 is 2.04 bits per heavy atom. The third kappa shape index (κ3) is 3.28. The van der Waals surface area contributed by atoms with Crippen molar-refractivity contribution >= 4 is 45.9 Å². The molecule has 5 nitrogen and oxygen atoms in total. The molecule has 0 radical (unpaired) electrons. The van der Waals surface area contributed by atoms with E-state index in [1.54, 1.807) is 0 Å². The van der Waals surface area contributed by atoms with E-state index in [-0.39, 0.29) is 16.6 Å². The summed E-state index contributed by atoms with van der Waals surface area (Å²) in [5.74, 6) is -0.374. The van der Waals surface area contributed by atoms with Gasteiger partial charge in [0.05, 0.1) is 22.4 Å². The van der Waals surface area contributed by atoms with E-state index in [2.05, 4.69) is 20.3 Å². The summed E-state index contributed by atoms with van der Waals surface area (Å²) in [6.45, 7) is 1.93. The number of nitrogens with one attached hydrogen (secondary N) is 1. The fourth-order valence-corrected chi connectivity index (χ4v) is 2.67. The minimum atomic E-state index is -0.374.